The summed E-state index contributed by atoms with van der Waals surface area (Å²) in [6.45, 7) is 4.65. The molecule has 2 atom stereocenters. The highest BCUT2D eigenvalue weighted by atomic mass is 16.5. The van der Waals surface area contributed by atoms with Gasteiger partial charge >= 0.3 is 6.03 Å². The van der Waals surface area contributed by atoms with E-state index in [0.29, 0.717) is 12.0 Å². The smallest absolute Gasteiger partial charge is 0.317 e. The van der Waals surface area contributed by atoms with Crippen LogP contribution in [0.3, 0.4) is 0 Å². The van der Waals surface area contributed by atoms with Crippen molar-refractivity contribution in [1.82, 2.24) is 10.2 Å². The highest BCUT2D eigenvalue weighted by molar-refractivity contribution is 5.75. The lowest BCUT2D eigenvalue weighted by molar-refractivity contribution is -0.120. The van der Waals surface area contributed by atoms with Gasteiger partial charge in [0.05, 0.1) is 6.10 Å². The fraction of sp³-hybridized carbons (Fsp3) is 0.944. The van der Waals surface area contributed by atoms with Crippen LogP contribution in [0.15, 0.2) is 0 Å². The molecule has 23 heavy (non-hydrogen) atoms. The lowest BCUT2D eigenvalue weighted by atomic mass is 9.58. The maximum absolute atomic E-state index is 12.6. The predicted molar refractivity (Wildman–Crippen MR) is 91.3 cm³/mol. The van der Waals surface area contributed by atoms with Crippen molar-refractivity contribution in [2.45, 2.75) is 77.0 Å². The minimum absolute atomic E-state index is 0.0447. The number of rotatable bonds is 6. The zero-order valence-electron chi connectivity index (χ0n) is 15.2. The molecule has 2 fully saturated rings. The lowest BCUT2D eigenvalue weighted by Crippen LogP contribution is -2.65. The monoisotopic (exact) mass is 326 g/mol. The van der Waals surface area contributed by atoms with Gasteiger partial charge in [0.15, 0.2) is 0 Å². The molecule has 0 saturated heterocycles. The highest BCUT2D eigenvalue weighted by Gasteiger charge is 2.53. The number of hydrogen-bond acceptors (Lipinski definition) is 3. The summed E-state index contributed by atoms with van der Waals surface area (Å²) in [7, 11) is 3.68. The number of aliphatic hydroxyl groups is 1. The van der Waals surface area contributed by atoms with Gasteiger partial charge in [0, 0.05) is 38.3 Å². The molecule has 0 aromatic carbocycles. The van der Waals surface area contributed by atoms with Gasteiger partial charge in [-0.25, -0.2) is 4.79 Å². The van der Waals surface area contributed by atoms with Crippen LogP contribution in [-0.4, -0.2) is 55.0 Å². The van der Waals surface area contributed by atoms with Crippen molar-refractivity contribution in [3.05, 3.63) is 0 Å². The molecule has 0 radical (unpaired) electrons. The Morgan fingerprint density at radius 2 is 1.87 bits per heavy atom. The molecular weight excluding hydrogens is 292 g/mol. The molecule has 5 nitrogen and oxygen atoms in total. The second kappa shape index (κ2) is 7.84. The molecule has 0 aliphatic heterocycles. The van der Waals surface area contributed by atoms with Gasteiger partial charge in [-0.3, -0.25) is 0 Å². The summed E-state index contributed by atoms with van der Waals surface area (Å²) in [5.74, 6) is 0.421. The Hall–Kier alpha value is -0.810. The van der Waals surface area contributed by atoms with Gasteiger partial charge in [0.25, 0.3) is 0 Å². The highest BCUT2D eigenvalue weighted by Crippen LogP contribution is 2.48. The van der Waals surface area contributed by atoms with Crippen LogP contribution in [-0.2, 0) is 4.74 Å². The summed E-state index contributed by atoms with van der Waals surface area (Å²) in [6.07, 6.45) is 7.24. The van der Waals surface area contributed by atoms with Crippen LogP contribution in [0.25, 0.3) is 0 Å². The fourth-order valence-corrected chi connectivity index (χ4v) is 4.61. The molecule has 5 heteroatoms. The Bertz CT molecular complexity index is 390. The Morgan fingerprint density at radius 3 is 2.35 bits per heavy atom. The first kappa shape index (κ1) is 18.5. The number of carbonyl (C=O) groups excluding carboxylic acids is 1. The summed E-state index contributed by atoms with van der Waals surface area (Å²) in [6, 6.07) is 0.559. The van der Waals surface area contributed by atoms with E-state index in [9.17, 15) is 9.90 Å². The van der Waals surface area contributed by atoms with E-state index in [1.54, 1.807) is 7.11 Å². The Kier molecular flexibility index (Phi) is 6.32. The van der Waals surface area contributed by atoms with Gasteiger partial charge in [-0.1, -0.05) is 13.8 Å². The number of nitrogens with zero attached hydrogens (tertiary/aromatic N) is 1. The molecule has 134 valence electrons. The molecule has 0 bridgehead atoms. The molecule has 2 unspecified atom stereocenters. The van der Waals surface area contributed by atoms with Gasteiger partial charge in [-0.15, -0.1) is 0 Å². The zero-order valence-corrected chi connectivity index (χ0v) is 15.2. The number of amides is 2. The van der Waals surface area contributed by atoms with Gasteiger partial charge in [-0.05, 0) is 50.9 Å². The maximum Gasteiger partial charge on any atom is 0.317 e. The number of ether oxygens (including phenoxy) is 1. The summed E-state index contributed by atoms with van der Waals surface area (Å²) in [5, 5.41) is 12.5. The van der Waals surface area contributed by atoms with Crippen LogP contribution in [0.5, 0.6) is 0 Å². The Balaban J connectivity index is 1.89. The van der Waals surface area contributed by atoms with Crippen molar-refractivity contribution >= 4 is 6.03 Å². The summed E-state index contributed by atoms with van der Waals surface area (Å²) in [5.41, 5.74) is 0.0831. The largest absolute Gasteiger partial charge is 0.396 e. The van der Waals surface area contributed by atoms with Crippen molar-refractivity contribution in [1.29, 1.82) is 0 Å². The summed E-state index contributed by atoms with van der Waals surface area (Å²) < 4.78 is 5.61. The standard InChI is InChI=1S/C18H34N2O3/c1-5-18(6-2)15(11-16(18)23-4)19-17(22)20(3)14-9-7-13(12-21)8-10-14/h13-16,21H,5-12H2,1-4H3,(H,19,22). The van der Waals surface area contributed by atoms with E-state index in [2.05, 4.69) is 19.2 Å². The van der Waals surface area contributed by atoms with Crippen molar-refractivity contribution in [2.24, 2.45) is 11.3 Å². The fourth-order valence-electron chi connectivity index (χ4n) is 4.61. The molecule has 2 saturated carbocycles. The van der Waals surface area contributed by atoms with Gasteiger partial charge in [0.1, 0.15) is 0 Å². The molecular formula is C18H34N2O3. The first-order chi connectivity index (χ1) is 11.0. The number of methoxy groups -OCH3 is 1. The third kappa shape index (κ3) is 3.50. The molecule has 2 aliphatic rings. The van der Waals surface area contributed by atoms with Crippen LogP contribution < -0.4 is 5.32 Å². The van der Waals surface area contributed by atoms with E-state index in [1.807, 2.05) is 11.9 Å². The lowest BCUT2D eigenvalue weighted by Gasteiger charge is -2.55. The third-order valence-corrected chi connectivity index (χ3v) is 6.63. The second-order valence-corrected chi connectivity index (χ2v) is 7.37. The number of urea groups is 1. The van der Waals surface area contributed by atoms with Gasteiger partial charge in [-0.2, -0.15) is 0 Å². The van der Waals surface area contributed by atoms with E-state index < -0.39 is 0 Å². The van der Waals surface area contributed by atoms with E-state index >= 15 is 0 Å². The SMILES string of the molecule is CCC1(CC)C(NC(=O)N(C)C2CCC(CO)CC2)CC1OC. The average molecular weight is 326 g/mol. The second-order valence-electron chi connectivity index (χ2n) is 7.37. The number of hydrogen-bond donors (Lipinski definition) is 2. The Labute approximate surface area is 140 Å². The average Bonchev–Trinajstić information content (AvgIpc) is 2.58. The van der Waals surface area contributed by atoms with Crippen LogP contribution in [0.2, 0.25) is 0 Å². The molecule has 0 aromatic heterocycles. The van der Waals surface area contributed by atoms with Crippen LogP contribution in [0.1, 0.15) is 58.8 Å². The first-order valence-corrected chi connectivity index (χ1v) is 9.19. The molecule has 2 amide bonds. The van der Waals surface area contributed by atoms with E-state index in [-0.39, 0.29) is 30.2 Å². The minimum Gasteiger partial charge on any atom is -0.396 e. The van der Waals surface area contributed by atoms with Gasteiger partial charge < -0.3 is 20.1 Å². The van der Waals surface area contributed by atoms with E-state index in [1.165, 1.54) is 0 Å². The van der Waals surface area contributed by atoms with Crippen LogP contribution >= 0.6 is 0 Å². The van der Waals surface area contributed by atoms with E-state index in [0.717, 1.165) is 44.9 Å². The van der Waals surface area contributed by atoms with E-state index in [4.69, 9.17) is 4.74 Å². The normalized spacial score (nSPS) is 32.9. The maximum atomic E-state index is 12.6. The van der Waals surface area contributed by atoms with Crippen molar-refractivity contribution in [2.75, 3.05) is 20.8 Å². The zero-order chi connectivity index (χ0) is 17.0. The minimum atomic E-state index is 0.0447. The van der Waals surface area contributed by atoms with Crippen LogP contribution in [0.4, 0.5) is 4.79 Å². The molecule has 0 spiro atoms. The third-order valence-electron chi connectivity index (χ3n) is 6.63. The molecule has 0 aromatic rings. The van der Waals surface area contributed by atoms with Gasteiger partial charge in [0.2, 0.25) is 0 Å². The summed E-state index contributed by atoms with van der Waals surface area (Å²) >= 11 is 0. The first-order valence-electron chi connectivity index (χ1n) is 9.19. The quantitative estimate of drug-likeness (QED) is 0.789. The van der Waals surface area contributed by atoms with Crippen molar-refractivity contribution in [3.8, 4) is 0 Å². The molecule has 2 rings (SSSR count). The number of carbonyl (C=O) groups is 1. The predicted octanol–water partition coefficient (Wildman–Crippen LogP) is 2.77. The molecule has 2 aliphatic carbocycles. The Morgan fingerprint density at radius 1 is 1.26 bits per heavy atom. The topological polar surface area (TPSA) is 61.8 Å². The number of nitrogens with one attached hydrogen (secondary N) is 1. The molecule has 2 N–H and O–H groups in total. The van der Waals surface area contributed by atoms with Crippen molar-refractivity contribution < 1.29 is 14.6 Å². The van der Waals surface area contributed by atoms with Crippen LogP contribution in [0, 0.1) is 11.3 Å². The summed E-state index contributed by atoms with van der Waals surface area (Å²) in [4.78, 5) is 14.5. The molecule has 0 heterocycles. The number of aliphatic hydroxyl groups excluding tert-OH is 1. The van der Waals surface area contributed by atoms with Crippen molar-refractivity contribution in [3.63, 3.8) is 0 Å².